The van der Waals surface area contributed by atoms with Crippen LogP contribution in [0.4, 0.5) is 0 Å². The molecule has 26 heavy (non-hydrogen) atoms. The molecular weight excluding hydrogens is 330 g/mol. The van der Waals surface area contributed by atoms with E-state index in [4.69, 9.17) is 9.47 Å². The van der Waals surface area contributed by atoms with Crippen molar-refractivity contribution in [2.75, 3.05) is 19.8 Å². The van der Waals surface area contributed by atoms with Gasteiger partial charge in [-0.05, 0) is 52.3 Å². The zero-order chi connectivity index (χ0) is 19.6. The van der Waals surface area contributed by atoms with E-state index in [1.165, 1.54) is 0 Å². The summed E-state index contributed by atoms with van der Waals surface area (Å²) in [6.45, 7) is 11.6. The van der Waals surface area contributed by atoms with Gasteiger partial charge < -0.3 is 19.9 Å². The highest BCUT2D eigenvalue weighted by atomic mass is 16.5. The van der Waals surface area contributed by atoms with E-state index in [-0.39, 0.29) is 17.9 Å². The van der Waals surface area contributed by atoms with Gasteiger partial charge in [-0.1, -0.05) is 19.8 Å². The molecule has 0 aliphatic rings. The maximum atomic E-state index is 11.6. The fourth-order valence-corrected chi connectivity index (χ4v) is 2.36. The molecule has 0 heterocycles. The Morgan fingerprint density at radius 3 is 2.62 bits per heavy atom. The summed E-state index contributed by atoms with van der Waals surface area (Å²) in [7, 11) is 0. The van der Waals surface area contributed by atoms with Crippen molar-refractivity contribution >= 4 is 5.78 Å². The first-order chi connectivity index (χ1) is 12.2. The van der Waals surface area contributed by atoms with Crippen LogP contribution < -0.4 is 10.1 Å². The second-order valence-corrected chi connectivity index (χ2v) is 7.73. The topological polar surface area (TPSA) is 67.8 Å². The predicted octanol–water partition coefficient (Wildman–Crippen LogP) is 3.72. The Balaban J connectivity index is 2.65. The van der Waals surface area contributed by atoms with E-state index in [1.807, 2.05) is 6.07 Å². The minimum atomic E-state index is -0.611. The maximum Gasteiger partial charge on any atom is 0.159 e. The first-order valence-corrected chi connectivity index (χ1v) is 9.50. The number of carbonyl (C=O) groups is 1. The molecule has 1 aromatic rings. The number of ketones is 1. The molecule has 1 aromatic carbocycles. The standard InChI is InChI=1S/C21H35NO4/c1-6-7-8-11-25-14-18-12-17(16(2)23)9-10-20(18)26-15-19(24)13-22-21(3,4)5/h9-10,12,19,22,24H,6-8,11,13-15H2,1-5H3. The highest BCUT2D eigenvalue weighted by Crippen LogP contribution is 2.22. The van der Waals surface area contributed by atoms with Gasteiger partial charge in [0.2, 0.25) is 0 Å². The molecule has 5 heteroatoms. The Bertz CT molecular complexity index is 551. The Hall–Kier alpha value is -1.43. The average molecular weight is 366 g/mol. The lowest BCUT2D eigenvalue weighted by Gasteiger charge is -2.23. The summed E-state index contributed by atoms with van der Waals surface area (Å²) in [6, 6.07) is 5.35. The van der Waals surface area contributed by atoms with Crippen molar-refractivity contribution in [3.63, 3.8) is 0 Å². The number of rotatable bonds is 12. The molecule has 0 amide bonds. The predicted molar refractivity (Wildman–Crippen MR) is 105 cm³/mol. The van der Waals surface area contributed by atoms with Crippen LogP contribution in [0.25, 0.3) is 0 Å². The normalized spacial score (nSPS) is 12.8. The van der Waals surface area contributed by atoms with Crippen LogP contribution >= 0.6 is 0 Å². The third kappa shape index (κ3) is 9.32. The van der Waals surface area contributed by atoms with E-state index in [9.17, 15) is 9.90 Å². The number of hydrogen-bond acceptors (Lipinski definition) is 5. The number of Topliss-reactive ketones (excluding diaryl/α,β-unsaturated/α-hetero) is 1. The molecule has 0 spiro atoms. The lowest BCUT2D eigenvalue weighted by molar-refractivity contribution is 0.0927. The number of nitrogens with one attached hydrogen (secondary N) is 1. The van der Waals surface area contributed by atoms with Crippen molar-refractivity contribution in [2.24, 2.45) is 0 Å². The van der Waals surface area contributed by atoms with E-state index in [0.717, 1.165) is 24.8 Å². The first-order valence-electron chi connectivity index (χ1n) is 9.50. The van der Waals surface area contributed by atoms with Crippen molar-refractivity contribution < 1.29 is 19.4 Å². The van der Waals surface area contributed by atoms with Crippen LogP contribution in [-0.2, 0) is 11.3 Å². The van der Waals surface area contributed by atoms with Crippen LogP contribution in [0.5, 0.6) is 5.75 Å². The fraction of sp³-hybridized carbons (Fsp3) is 0.667. The first kappa shape index (κ1) is 22.6. The summed E-state index contributed by atoms with van der Waals surface area (Å²) in [5, 5.41) is 13.4. The molecular formula is C21H35NO4. The van der Waals surface area contributed by atoms with E-state index in [1.54, 1.807) is 19.1 Å². The molecule has 0 aliphatic carbocycles. The minimum Gasteiger partial charge on any atom is -0.490 e. The quantitative estimate of drug-likeness (QED) is 0.436. The second kappa shape index (κ2) is 11.3. The molecule has 0 saturated heterocycles. The largest absolute Gasteiger partial charge is 0.490 e. The number of β-amino-alcohol motifs (C(OH)–C–C–N with tert-alkyl or cyclic N) is 1. The number of ether oxygens (including phenoxy) is 2. The van der Waals surface area contributed by atoms with Gasteiger partial charge in [-0.15, -0.1) is 0 Å². The zero-order valence-electron chi connectivity index (χ0n) is 16.9. The van der Waals surface area contributed by atoms with Crippen LogP contribution in [0.2, 0.25) is 0 Å². The van der Waals surface area contributed by atoms with Gasteiger partial charge in [0.25, 0.3) is 0 Å². The highest BCUT2D eigenvalue weighted by Gasteiger charge is 2.14. The lowest BCUT2D eigenvalue weighted by Crippen LogP contribution is -2.42. The van der Waals surface area contributed by atoms with Gasteiger partial charge in [0.05, 0.1) is 6.61 Å². The number of aliphatic hydroxyl groups excluding tert-OH is 1. The summed E-state index contributed by atoms with van der Waals surface area (Å²) < 4.78 is 11.5. The number of aliphatic hydroxyl groups is 1. The minimum absolute atomic E-state index is 0.0122. The van der Waals surface area contributed by atoms with Crippen LogP contribution in [0.1, 0.15) is 69.8 Å². The smallest absolute Gasteiger partial charge is 0.159 e. The molecule has 0 bridgehead atoms. The lowest BCUT2D eigenvalue weighted by atomic mass is 10.1. The summed E-state index contributed by atoms with van der Waals surface area (Å²) in [5.74, 6) is 0.665. The van der Waals surface area contributed by atoms with Crippen molar-refractivity contribution in [3.05, 3.63) is 29.3 Å². The molecule has 5 nitrogen and oxygen atoms in total. The Morgan fingerprint density at radius 1 is 1.27 bits per heavy atom. The number of hydrogen-bond donors (Lipinski definition) is 2. The van der Waals surface area contributed by atoms with E-state index in [2.05, 4.69) is 33.0 Å². The summed E-state index contributed by atoms with van der Waals surface area (Å²) in [5.41, 5.74) is 1.42. The molecule has 1 unspecified atom stereocenters. The molecule has 2 N–H and O–H groups in total. The third-order valence-corrected chi connectivity index (χ3v) is 3.92. The van der Waals surface area contributed by atoms with Crippen molar-refractivity contribution in [3.8, 4) is 5.75 Å². The maximum absolute atomic E-state index is 11.6. The van der Waals surface area contributed by atoms with Crippen LogP contribution in [0, 0.1) is 0 Å². The summed E-state index contributed by atoms with van der Waals surface area (Å²) in [4.78, 5) is 11.6. The van der Waals surface area contributed by atoms with Gasteiger partial charge >= 0.3 is 0 Å². The van der Waals surface area contributed by atoms with E-state index in [0.29, 0.717) is 31.1 Å². The highest BCUT2D eigenvalue weighted by molar-refractivity contribution is 5.94. The monoisotopic (exact) mass is 365 g/mol. The number of carbonyl (C=O) groups excluding carboxylic acids is 1. The molecule has 0 saturated carbocycles. The van der Waals surface area contributed by atoms with E-state index < -0.39 is 6.10 Å². The van der Waals surface area contributed by atoms with Crippen LogP contribution in [-0.4, -0.2) is 42.3 Å². The van der Waals surface area contributed by atoms with Crippen molar-refractivity contribution in [1.29, 1.82) is 0 Å². The average Bonchev–Trinajstić information content (AvgIpc) is 2.57. The number of unbranched alkanes of at least 4 members (excludes halogenated alkanes) is 2. The van der Waals surface area contributed by atoms with Gasteiger partial charge in [-0.2, -0.15) is 0 Å². The van der Waals surface area contributed by atoms with Crippen molar-refractivity contribution in [1.82, 2.24) is 5.32 Å². The van der Waals surface area contributed by atoms with Gasteiger partial charge in [0, 0.05) is 29.8 Å². The van der Waals surface area contributed by atoms with Crippen LogP contribution in [0.3, 0.4) is 0 Å². The zero-order valence-corrected chi connectivity index (χ0v) is 16.9. The van der Waals surface area contributed by atoms with Crippen LogP contribution in [0.15, 0.2) is 18.2 Å². The van der Waals surface area contributed by atoms with Crippen molar-refractivity contribution in [2.45, 2.75) is 72.1 Å². The fourth-order valence-electron chi connectivity index (χ4n) is 2.36. The van der Waals surface area contributed by atoms with E-state index >= 15 is 0 Å². The summed E-state index contributed by atoms with van der Waals surface area (Å²) in [6.07, 6.45) is 2.71. The molecule has 148 valence electrons. The Morgan fingerprint density at radius 2 is 2.00 bits per heavy atom. The van der Waals surface area contributed by atoms with Gasteiger partial charge in [-0.3, -0.25) is 4.79 Å². The Kier molecular flexibility index (Phi) is 9.84. The van der Waals surface area contributed by atoms with Gasteiger partial charge in [-0.25, -0.2) is 0 Å². The third-order valence-electron chi connectivity index (χ3n) is 3.92. The molecule has 0 radical (unpaired) electrons. The molecule has 0 fully saturated rings. The Labute approximate surface area is 158 Å². The van der Waals surface area contributed by atoms with Gasteiger partial charge in [0.15, 0.2) is 5.78 Å². The molecule has 1 rings (SSSR count). The summed E-state index contributed by atoms with van der Waals surface area (Å²) >= 11 is 0. The molecule has 1 atom stereocenters. The number of benzene rings is 1. The second-order valence-electron chi connectivity index (χ2n) is 7.73. The van der Waals surface area contributed by atoms with Gasteiger partial charge in [0.1, 0.15) is 18.5 Å². The molecule has 0 aromatic heterocycles. The molecule has 0 aliphatic heterocycles. The SMILES string of the molecule is CCCCCOCc1cc(C(C)=O)ccc1OCC(O)CNC(C)(C)C.